The van der Waals surface area contributed by atoms with Crippen molar-refractivity contribution in [1.29, 1.82) is 0 Å². The van der Waals surface area contributed by atoms with E-state index < -0.39 is 5.97 Å². The molecule has 8 heteroatoms. The number of aromatic nitrogens is 3. The largest absolute Gasteiger partial charge is 0.481 e. The van der Waals surface area contributed by atoms with Crippen molar-refractivity contribution in [2.45, 2.75) is 24.0 Å². The minimum Gasteiger partial charge on any atom is -0.481 e. The van der Waals surface area contributed by atoms with Gasteiger partial charge in [-0.3, -0.25) is 9.36 Å². The van der Waals surface area contributed by atoms with Gasteiger partial charge in [-0.15, -0.1) is 10.2 Å². The van der Waals surface area contributed by atoms with Crippen molar-refractivity contribution in [2.24, 2.45) is 0 Å². The fourth-order valence-electron chi connectivity index (χ4n) is 2.02. The number of rotatable bonds is 5. The van der Waals surface area contributed by atoms with Crippen LogP contribution in [0.5, 0.6) is 0 Å². The van der Waals surface area contributed by atoms with E-state index in [1.165, 1.54) is 11.8 Å². The van der Waals surface area contributed by atoms with Gasteiger partial charge in [0.1, 0.15) is 0 Å². The van der Waals surface area contributed by atoms with Gasteiger partial charge in [0, 0.05) is 16.1 Å². The average molecular weight is 389 g/mol. The van der Waals surface area contributed by atoms with Gasteiger partial charge in [0.15, 0.2) is 11.0 Å². The Morgan fingerprint density at radius 1 is 1.48 bits per heavy atom. The lowest BCUT2D eigenvalue weighted by Gasteiger charge is -2.09. The quantitative estimate of drug-likeness (QED) is 0.787. The predicted molar refractivity (Wildman–Crippen MR) is 84.8 cm³/mol. The third-order valence-corrected chi connectivity index (χ3v) is 4.81. The average Bonchev–Trinajstić information content (AvgIpc) is 3.17. The fourth-order valence-corrected chi connectivity index (χ4v) is 3.50. The van der Waals surface area contributed by atoms with E-state index in [1.807, 2.05) is 22.8 Å². The number of carbonyl (C=O) groups is 1. The number of carboxylic acid groups (broad SMARTS) is 1. The van der Waals surface area contributed by atoms with Crippen molar-refractivity contribution in [1.82, 2.24) is 14.8 Å². The van der Waals surface area contributed by atoms with E-state index in [2.05, 4.69) is 26.1 Å². The summed E-state index contributed by atoms with van der Waals surface area (Å²) in [5.74, 6) is -0.199. The van der Waals surface area contributed by atoms with Gasteiger partial charge in [-0.05, 0) is 31.0 Å². The molecular formula is C13H11BrClN3O2S. The normalized spacial score (nSPS) is 14.4. The van der Waals surface area contributed by atoms with Gasteiger partial charge in [0.05, 0.1) is 10.8 Å². The van der Waals surface area contributed by atoms with E-state index in [-0.39, 0.29) is 5.75 Å². The predicted octanol–water partition coefficient (Wildman–Crippen LogP) is 3.87. The molecule has 0 bridgehead atoms. The zero-order valence-corrected chi connectivity index (χ0v) is 14.0. The van der Waals surface area contributed by atoms with Crippen LogP contribution in [0.3, 0.4) is 0 Å². The van der Waals surface area contributed by atoms with Gasteiger partial charge in [-0.2, -0.15) is 0 Å². The fraction of sp³-hybridized carbons (Fsp3) is 0.308. The van der Waals surface area contributed by atoms with Gasteiger partial charge in [-0.1, -0.05) is 39.3 Å². The first-order valence-corrected chi connectivity index (χ1v) is 8.47. The number of nitrogens with zero attached hydrogens (tertiary/aromatic N) is 3. The number of hydrogen-bond acceptors (Lipinski definition) is 4. The Morgan fingerprint density at radius 3 is 2.86 bits per heavy atom. The van der Waals surface area contributed by atoms with Gasteiger partial charge < -0.3 is 5.11 Å². The Morgan fingerprint density at radius 2 is 2.24 bits per heavy atom. The molecular weight excluding hydrogens is 378 g/mol. The molecule has 1 heterocycles. The van der Waals surface area contributed by atoms with Crippen molar-refractivity contribution < 1.29 is 9.90 Å². The van der Waals surface area contributed by atoms with E-state index in [0.29, 0.717) is 22.0 Å². The SMILES string of the molecule is O=C(O)CSc1nnc(-c2ccc(Br)cc2Cl)n1C1CC1. The molecule has 0 spiro atoms. The molecule has 1 aromatic heterocycles. The molecule has 0 saturated heterocycles. The molecule has 0 aliphatic heterocycles. The summed E-state index contributed by atoms with van der Waals surface area (Å²) in [7, 11) is 0. The first-order chi connectivity index (χ1) is 10.1. The molecule has 2 aromatic rings. The Bertz CT molecular complexity index is 703. The summed E-state index contributed by atoms with van der Waals surface area (Å²) in [5, 5.41) is 18.4. The van der Waals surface area contributed by atoms with Crippen LogP contribution < -0.4 is 0 Å². The maximum Gasteiger partial charge on any atom is 0.313 e. The smallest absolute Gasteiger partial charge is 0.313 e. The molecule has 3 rings (SSSR count). The van der Waals surface area contributed by atoms with Crippen molar-refractivity contribution >= 4 is 45.3 Å². The first kappa shape index (κ1) is 14.9. The summed E-state index contributed by atoms with van der Waals surface area (Å²) in [4.78, 5) is 10.7. The van der Waals surface area contributed by atoms with E-state index >= 15 is 0 Å². The second-order valence-corrected chi connectivity index (χ2v) is 6.98. The van der Waals surface area contributed by atoms with Crippen LogP contribution in [0.2, 0.25) is 5.02 Å². The van der Waals surface area contributed by atoms with Crippen LogP contribution in [-0.2, 0) is 4.79 Å². The summed E-state index contributed by atoms with van der Waals surface area (Å²) in [6, 6.07) is 5.94. The molecule has 1 saturated carbocycles. The van der Waals surface area contributed by atoms with Gasteiger partial charge in [0.2, 0.25) is 0 Å². The molecule has 1 N–H and O–H groups in total. The zero-order valence-electron chi connectivity index (χ0n) is 10.8. The molecule has 5 nitrogen and oxygen atoms in total. The number of halogens is 2. The van der Waals surface area contributed by atoms with Gasteiger partial charge in [-0.25, -0.2) is 0 Å². The minimum absolute atomic E-state index is 0.0288. The molecule has 0 atom stereocenters. The maximum atomic E-state index is 10.7. The van der Waals surface area contributed by atoms with Crippen molar-refractivity contribution in [3.8, 4) is 11.4 Å². The Labute approximate surface area is 138 Å². The summed E-state index contributed by atoms with van der Waals surface area (Å²) >= 11 is 10.8. The Kier molecular flexibility index (Phi) is 4.24. The molecule has 0 radical (unpaired) electrons. The van der Waals surface area contributed by atoms with Crippen molar-refractivity contribution in [3.05, 3.63) is 27.7 Å². The van der Waals surface area contributed by atoms with Gasteiger partial charge >= 0.3 is 5.97 Å². The molecule has 1 aliphatic carbocycles. The number of hydrogen-bond donors (Lipinski definition) is 1. The molecule has 0 unspecified atom stereocenters. The molecule has 1 aromatic carbocycles. The number of benzene rings is 1. The lowest BCUT2D eigenvalue weighted by atomic mass is 10.2. The monoisotopic (exact) mass is 387 g/mol. The molecule has 0 amide bonds. The van der Waals surface area contributed by atoms with Crippen LogP contribution in [0.1, 0.15) is 18.9 Å². The van der Waals surface area contributed by atoms with Crippen molar-refractivity contribution in [3.63, 3.8) is 0 Å². The summed E-state index contributed by atoms with van der Waals surface area (Å²) in [6.45, 7) is 0. The van der Waals surface area contributed by atoms with Crippen LogP contribution in [0, 0.1) is 0 Å². The highest BCUT2D eigenvalue weighted by molar-refractivity contribution is 9.10. The maximum absolute atomic E-state index is 10.7. The first-order valence-electron chi connectivity index (χ1n) is 6.31. The topological polar surface area (TPSA) is 68.0 Å². The number of aliphatic carboxylic acids is 1. The zero-order chi connectivity index (χ0) is 15.0. The van der Waals surface area contributed by atoms with Crippen LogP contribution >= 0.6 is 39.3 Å². The van der Waals surface area contributed by atoms with Crippen molar-refractivity contribution in [2.75, 3.05) is 5.75 Å². The molecule has 1 aliphatic rings. The highest BCUT2D eigenvalue weighted by Crippen LogP contribution is 2.42. The summed E-state index contributed by atoms with van der Waals surface area (Å²) in [5.41, 5.74) is 0.807. The third-order valence-electron chi connectivity index (χ3n) is 3.07. The van der Waals surface area contributed by atoms with E-state index in [4.69, 9.17) is 16.7 Å². The lowest BCUT2D eigenvalue weighted by Crippen LogP contribution is -2.03. The molecule has 21 heavy (non-hydrogen) atoms. The highest BCUT2D eigenvalue weighted by Gasteiger charge is 2.30. The minimum atomic E-state index is -0.867. The van der Waals surface area contributed by atoms with Crippen LogP contribution in [0.15, 0.2) is 27.8 Å². The third kappa shape index (κ3) is 3.25. The van der Waals surface area contributed by atoms with Crippen LogP contribution in [-0.4, -0.2) is 31.6 Å². The number of carboxylic acids is 1. The Hall–Kier alpha value is -1.05. The van der Waals surface area contributed by atoms with E-state index in [9.17, 15) is 4.79 Å². The lowest BCUT2D eigenvalue weighted by molar-refractivity contribution is -0.133. The molecule has 1 fully saturated rings. The van der Waals surface area contributed by atoms with E-state index in [1.54, 1.807) is 0 Å². The van der Waals surface area contributed by atoms with Gasteiger partial charge in [0.25, 0.3) is 0 Å². The second kappa shape index (κ2) is 5.98. The van der Waals surface area contributed by atoms with Crippen LogP contribution in [0.25, 0.3) is 11.4 Å². The highest BCUT2D eigenvalue weighted by atomic mass is 79.9. The summed E-state index contributed by atoms with van der Waals surface area (Å²) < 4.78 is 2.90. The second-order valence-electron chi connectivity index (χ2n) is 4.71. The van der Waals surface area contributed by atoms with E-state index in [0.717, 1.165) is 22.9 Å². The summed E-state index contributed by atoms with van der Waals surface area (Å²) in [6.07, 6.45) is 2.11. The number of thioether (sulfide) groups is 1. The molecule has 110 valence electrons. The van der Waals surface area contributed by atoms with Crippen LogP contribution in [0.4, 0.5) is 0 Å². The standard InChI is InChI=1S/C13H11BrClN3O2S/c14-7-1-4-9(10(15)5-7)12-16-17-13(21-6-11(19)20)18(12)8-2-3-8/h1,4-5,8H,2-3,6H2,(H,19,20). The Balaban J connectivity index is 2.00.